The standard InChI is InChI=1S/C48H80NO8P/c1-6-8-10-12-14-16-18-20-22-24-26-28-30-32-34-36-38-40-47(50)54-44-46(45-56-58(52,53)55-43-42-49(3,4)5)57-48(51)41-39-37-35-33-31-29-27-25-23-21-19-17-15-13-11-9-7-2/h8,10,14-17,20-23,26-29,33,35,46H,6-7,9,11-13,18-19,24-25,30-32,34,36-45H2,1-5H3/b10-8-,16-14-,17-15-,22-20-,23-21-,28-26-,29-27-,35-33-/t46-/m1/s1. The van der Waals surface area contributed by atoms with E-state index >= 15 is 0 Å². The fourth-order valence-electron chi connectivity index (χ4n) is 5.17. The van der Waals surface area contributed by atoms with Gasteiger partial charge in [0.2, 0.25) is 0 Å². The van der Waals surface area contributed by atoms with Crippen molar-refractivity contribution in [1.29, 1.82) is 0 Å². The molecule has 0 radical (unpaired) electrons. The molecule has 0 aromatic heterocycles. The highest BCUT2D eigenvalue weighted by atomic mass is 31.2. The zero-order valence-corrected chi connectivity index (χ0v) is 37.8. The summed E-state index contributed by atoms with van der Waals surface area (Å²) in [4.78, 5) is 37.5. The first-order valence-corrected chi connectivity index (χ1v) is 23.4. The van der Waals surface area contributed by atoms with Crippen molar-refractivity contribution >= 4 is 19.8 Å². The topological polar surface area (TPSA) is 111 Å². The lowest BCUT2D eigenvalue weighted by Crippen LogP contribution is -2.37. The molecule has 0 N–H and O–H groups in total. The number of rotatable bonds is 38. The molecule has 2 atom stereocenters. The molecule has 58 heavy (non-hydrogen) atoms. The number of nitrogens with zero attached hydrogens (tertiary/aromatic N) is 1. The summed E-state index contributed by atoms with van der Waals surface area (Å²) >= 11 is 0. The van der Waals surface area contributed by atoms with Crippen molar-refractivity contribution in [2.45, 2.75) is 148 Å². The van der Waals surface area contributed by atoms with E-state index in [2.05, 4.69) is 105 Å². The van der Waals surface area contributed by atoms with Crippen LogP contribution in [0.1, 0.15) is 142 Å². The van der Waals surface area contributed by atoms with Gasteiger partial charge in [-0.25, -0.2) is 0 Å². The SMILES string of the molecule is CC/C=C\C/C=C\C/C=C\C/C=C\CCCCCCC(=O)OC[C@H](COP(=O)([O-])OCC[N+](C)(C)C)OC(=O)CCC/C=C\C/C=C\C/C=C\C/C=C\CCCCC. The number of ether oxygens (including phenoxy) is 2. The van der Waals surface area contributed by atoms with E-state index in [-0.39, 0.29) is 26.1 Å². The summed E-state index contributed by atoms with van der Waals surface area (Å²) in [7, 11) is 1.10. The van der Waals surface area contributed by atoms with Gasteiger partial charge in [-0.15, -0.1) is 0 Å². The fourth-order valence-corrected chi connectivity index (χ4v) is 5.89. The van der Waals surface area contributed by atoms with Gasteiger partial charge in [-0.3, -0.25) is 14.2 Å². The quantitative estimate of drug-likeness (QED) is 0.0199. The Morgan fingerprint density at radius 1 is 0.552 bits per heavy atom. The van der Waals surface area contributed by atoms with E-state index in [0.717, 1.165) is 77.0 Å². The highest BCUT2D eigenvalue weighted by Gasteiger charge is 2.21. The highest BCUT2D eigenvalue weighted by Crippen LogP contribution is 2.38. The molecular formula is C48H80NO8P. The number of carbonyl (C=O) groups is 2. The lowest BCUT2D eigenvalue weighted by Gasteiger charge is -2.28. The maximum absolute atomic E-state index is 12.7. The van der Waals surface area contributed by atoms with Crippen LogP contribution in [0.4, 0.5) is 0 Å². The monoisotopic (exact) mass is 830 g/mol. The summed E-state index contributed by atoms with van der Waals surface area (Å²) in [6.45, 7) is 3.96. The molecule has 0 saturated carbocycles. The van der Waals surface area contributed by atoms with Gasteiger partial charge in [0.15, 0.2) is 6.10 Å². The molecule has 10 heteroatoms. The summed E-state index contributed by atoms with van der Waals surface area (Å²) in [5, 5.41) is 0. The second kappa shape index (κ2) is 39.4. The average molecular weight is 830 g/mol. The minimum Gasteiger partial charge on any atom is -0.756 e. The van der Waals surface area contributed by atoms with E-state index < -0.39 is 32.5 Å². The average Bonchev–Trinajstić information content (AvgIpc) is 3.17. The number of phosphoric acid groups is 1. The molecular weight excluding hydrogens is 750 g/mol. The number of phosphoric ester groups is 1. The van der Waals surface area contributed by atoms with Crippen LogP contribution in [0.15, 0.2) is 97.2 Å². The smallest absolute Gasteiger partial charge is 0.306 e. The van der Waals surface area contributed by atoms with Crippen molar-refractivity contribution in [1.82, 2.24) is 0 Å². The summed E-state index contributed by atoms with van der Waals surface area (Å²) < 4.78 is 33.8. The number of quaternary nitrogens is 1. The second-order valence-corrected chi connectivity index (χ2v) is 16.7. The van der Waals surface area contributed by atoms with Crippen LogP contribution in [0.3, 0.4) is 0 Å². The van der Waals surface area contributed by atoms with E-state index in [0.29, 0.717) is 30.3 Å². The third kappa shape index (κ3) is 42.5. The van der Waals surface area contributed by atoms with E-state index in [9.17, 15) is 19.0 Å². The van der Waals surface area contributed by atoms with Crippen molar-refractivity contribution in [3.05, 3.63) is 97.2 Å². The molecule has 0 bridgehead atoms. The first kappa shape index (κ1) is 54.9. The minimum absolute atomic E-state index is 0.0510. The van der Waals surface area contributed by atoms with E-state index in [1.54, 1.807) is 0 Å². The van der Waals surface area contributed by atoms with Gasteiger partial charge in [0.1, 0.15) is 19.8 Å². The Bertz CT molecular complexity index is 1300. The molecule has 0 spiro atoms. The Labute approximate surface area is 353 Å². The van der Waals surface area contributed by atoms with Crippen molar-refractivity contribution in [3.8, 4) is 0 Å². The van der Waals surface area contributed by atoms with Crippen LogP contribution in [-0.4, -0.2) is 70.0 Å². The normalized spacial score (nSPS) is 14.5. The van der Waals surface area contributed by atoms with E-state index in [1.165, 1.54) is 19.3 Å². The zero-order chi connectivity index (χ0) is 42.8. The van der Waals surface area contributed by atoms with Crippen molar-refractivity contribution in [3.63, 3.8) is 0 Å². The van der Waals surface area contributed by atoms with Crippen molar-refractivity contribution in [2.24, 2.45) is 0 Å². The van der Waals surface area contributed by atoms with Gasteiger partial charge in [0.25, 0.3) is 7.82 Å². The molecule has 9 nitrogen and oxygen atoms in total. The molecule has 0 aromatic rings. The molecule has 0 saturated heterocycles. The molecule has 0 aliphatic heterocycles. The maximum Gasteiger partial charge on any atom is 0.306 e. The van der Waals surface area contributed by atoms with Crippen molar-refractivity contribution < 1.29 is 42.1 Å². The van der Waals surface area contributed by atoms with Gasteiger partial charge in [-0.1, -0.05) is 137 Å². The van der Waals surface area contributed by atoms with Crippen LogP contribution in [0.25, 0.3) is 0 Å². The molecule has 330 valence electrons. The molecule has 0 amide bonds. The van der Waals surface area contributed by atoms with Gasteiger partial charge in [-0.05, 0) is 89.9 Å². The first-order valence-electron chi connectivity index (χ1n) is 21.9. The van der Waals surface area contributed by atoms with Crippen LogP contribution >= 0.6 is 7.82 Å². The largest absolute Gasteiger partial charge is 0.756 e. The first-order chi connectivity index (χ1) is 28.0. The molecule has 0 fully saturated rings. The summed E-state index contributed by atoms with van der Waals surface area (Å²) in [6, 6.07) is 0. The zero-order valence-electron chi connectivity index (χ0n) is 36.9. The summed E-state index contributed by atoms with van der Waals surface area (Å²) in [6.07, 6.45) is 51.5. The lowest BCUT2D eigenvalue weighted by atomic mass is 10.1. The molecule has 1 unspecified atom stereocenters. The Kier molecular flexibility index (Phi) is 37.3. The number of carbonyl (C=O) groups excluding carboxylic acids is 2. The third-order valence-electron chi connectivity index (χ3n) is 8.59. The van der Waals surface area contributed by atoms with E-state index in [1.807, 2.05) is 27.2 Å². The summed E-state index contributed by atoms with van der Waals surface area (Å²) in [5.74, 6) is -0.939. The van der Waals surface area contributed by atoms with Crippen LogP contribution in [0, 0.1) is 0 Å². The number of hydrogen-bond acceptors (Lipinski definition) is 8. The fraction of sp³-hybridized carbons (Fsp3) is 0.625. The van der Waals surface area contributed by atoms with Crippen LogP contribution in [0.2, 0.25) is 0 Å². The van der Waals surface area contributed by atoms with Crippen LogP contribution in [-0.2, 0) is 32.7 Å². The lowest BCUT2D eigenvalue weighted by molar-refractivity contribution is -0.870. The third-order valence-corrected chi connectivity index (χ3v) is 9.55. The van der Waals surface area contributed by atoms with Gasteiger partial charge in [0.05, 0.1) is 27.7 Å². The molecule has 0 aromatic carbocycles. The second-order valence-electron chi connectivity index (χ2n) is 15.3. The number of likely N-dealkylation sites (N-methyl/N-ethyl adjacent to an activating group) is 1. The van der Waals surface area contributed by atoms with Gasteiger partial charge < -0.3 is 27.9 Å². The van der Waals surface area contributed by atoms with Gasteiger partial charge in [-0.2, -0.15) is 0 Å². The number of unbranched alkanes of at least 4 members (excludes halogenated alkanes) is 8. The van der Waals surface area contributed by atoms with Gasteiger partial charge in [0, 0.05) is 12.8 Å². The van der Waals surface area contributed by atoms with E-state index in [4.69, 9.17) is 18.5 Å². The Balaban J connectivity index is 4.53. The molecule has 0 aliphatic carbocycles. The van der Waals surface area contributed by atoms with Crippen molar-refractivity contribution in [2.75, 3.05) is 47.5 Å². The molecule has 0 rings (SSSR count). The molecule has 0 heterocycles. The summed E-state index contributed by atoms with van der Waals surface area (Å²) in [5.41, 5.74) is 0. The predicted octanol–water partition coefficient (Wildman–Crippen LogP) is 11.9. The number of esters is 2. The number of hydrogen-bond donors (Lipinski definition) is 0. The highest BCUT2D eigenvalue weighted by molar-refractivity contribution is 7.45. The predicted molar refractivity (Wildman–Crippen MR) is 240 cm³/mol. The Morgan fingerprint density at radius 3 is 1.50 bits per heavy atom. The van der Waals surface area contributed by atoms with Gasteiger partial charge >= 0.3 is 11.9 Å². The number of allylic oxidation sites excluding steroid dienone is 16. The maximum atomic E-state index is 12.7. The Morgan fingerprint density at radius 2 is 1.00 bits per heavy atom. The minimum atomic E-state index is -4.65. The Hall–Kier alpha value is -3.07. The molecule has 0 aliphatic rings. The van der Waals surface area contributed by atoms with Crippen LogP contribution in [0.5, 0.6) is 0 Å². The van der Waals surface area contributed by atoms with Crippen LogP contribution < -0.4 is 4.89 Å².